The Labute approximate surface area is 97.1 Å². The van der Waals surface area contributed by atoms with E-state index in [1.807, 2.05) is 0 Å². The highest BCUT2D eigenvalue weighted by Crippen LogP contribution is 2.29. The highest BCUT2D eigenvalue weighted by atomic mass is 19.3. The SMILES string of the molecule is Oc1ccccc1-c1ccc(OC(F)F)cc1. The van der Waals surface area contributed by atoms with Gasteiger partial charge in [-0.25, -0.2) is 0 Å². The molecule has 0 fully saturated rings. The summed E-state index contributed by atoms with van der Waals surface area (Å²) >= 11 is 0. The van der Waals surface area contributed by atoms with E-state index >= 15 is 0 Å². The van der Waals surface area contributed by atoms with Crippen LogP contribution in [0.25, 0.3) is 11.1 Å². The molecule has 0 atom stereocenters. The molecule has 0 saturated heterocycles. The quantitative estimate of drug-likeness (QED) is 0.881. The van der Waals surface area contributed by atoms with Crippen LogP contribution in [0.2, 0.25) is 0 Å². The Balaban J connectivity index is 2.27. The number of hydrogen-bond donors (Lipinski definition) is 1. The number of para-hydroxylation sites is 1. The molecule has 0 saturated carbocycles. The first kappa shape index (κ1) is 11.4. The van der Waals surface area contributed by atoms with E-state index in [0.29, 0.717) is 5.56 Å². The van der Waals surface area contributed by atoms with E-state index < -0.39 is 6.61 Å². The molecule has 2 nitrogen and oxygen atoms in total. The highest BCUT2D eigenvalue weighted by molar-refractivity contribution is 5.70. The van der Waals surface area contributed by atoms with E-state index in [-0.39, 0.29) is 11.5 Å². The summed E-state index contributed by atoms with van der Waals surface area (Å²) < 4.78 is 28.1. The van der Waals surface area contributed by atoms with E-state index in [1.54, 1.807) is 36.4 Å². The van der Waals surface area contributed by atoms with Crippen molar-refractivity contribution in [1.29, 1.82) is 0 Å². The van der Waals surface area contributed by atoms with Gasteiger partial charge in [0.05, 0.1) is 0 Å². The largest absolute Gasteiger partial charge is 0.507 e. The molecule has 0 radical (unpaired) electrons. The number of benzene rings is 2. The lowest BCUT2D eigenvalue weighted by molar-refractivity contribution is -0.0498. The Kier molecular flexibility index (Phi) is 3.23. The highest BCUT2D eigenvalue weighted by Gasteiger charge is 2.06. The zero-order valence-corrected chi connectivity index (χ0v) is 8.81. The van der Waals surface area contributed by atoms with Crippen molar-refractivity contribution < 1.29 is 18.6 Å². The first-order chi connectivity index (χ1) is 8.16. The van der Waals surface area contributed by atoms with Gasteiger partial charge in [0.2, 0.25) is 0 Å². The summed E-state index contributed by atoms with van der Waals surface area (Å²) in [6, 6.07) is 12.9. The number of rotatable bonds is 3. The molecule has 0 bridgehead atoms. The molecule has 1 N–H and O–H groups in total. The summed E-state index contributed by atoms with van der Waals surface area (Å²) in [7, 11) is 0. The third kappa shape index (κ3) is 2.72. The average molecular weight is 236 g/mol. The summed E-state index contributed by atoms with van der Waals surface area (Å²) in [4.78, 5) is 0. The third-order valence-electron chi connectivity index (χ3n) is 2.29. The van der Waals surface area contributed by atoms with E-state index in [1.165, 1.54) is 12.1 Å². The van der Waals surface area contributed by atoms with Crippen LogP contribution in [0.3, 0.4) is 0 Å². The van der Waals surface area contributed by atoms with Gasteiger partial charge in [0.25, 0.3) is 0 Å². The fraction of sp³-hybridized carbons (Fsp3) is 0.0769. The molecule has 88 valence electrons. The maximum Gasteiger partial charge on any atom is 0.387 e. The lowest BCUT2D eigenvalue weighted by Gasteiger charge is -2.07. The predicted octanol–water partition coefficient (Wildman–Crippen LogP) is 3.66. The topological polar surface area (TPSA) is 29.5 Å². The van der Waals surface area contributed by atoms with Crippen LogP contribution in [0, 0.1) is 0 Å². The molecule has 2 aromatic carbocycles. The summed E-state index contributed by atoms with van der Waals surface area (Å²) in [5, 5.41) is 9.63. The normalized spacial score (nSPS) is 10.5. The molecule has 17 heavy (non-hydrogen) atoms. The summed E-state index contributed by atoms with van der Waals surface area (Å²) in [5.41, 5.74) is 1.39. The van der Waals surface area contributed by atoms with Crippen molar-refractivity contribution in [2.45, 2.75) is 6.61 Å². The van der Waals surface area contributed by atoms with Crippen LogP contribution >= 0.6 is 0 Å². The molecule has 0 heterocycles. The monoisotopic (exact) mass is 236 g/mol. The van der Waals surface area contributed by atoms with Crippen molar-refractivity contribution in [2.75, 3.05) is 0 Å². The molecule has 2 rings (SSSR count). The van der Waals surface area contributed by atoms with Gasteiger partial charge in [-0.05, 0) is 23.8 Å². The van der Waals surface area contributed by atoms with Crippen LogP contribution in [0.1, 0.15) is 0 Å². The van der Waals surface area contributed by atoms with Gasteiger partial charge in [-0.1, -0.05) is 30.3 Å². The van der Waals surface area contributed by atoms with E-state index in [9.17, 15) is 13.9 Å². The molecule has 0 unspecified atom stereocenters. The minimum Gasteiger partial charge on any atom is -0.507 e. The lowest BCUT2D eigenvalue weighted by atomic mass is 10.0. The van der Waals surface area contributed by atoms with Gasteiger partial charge in [-0.3, -0.25) is 0 Å². The van der Waals surface area contributed by atoms with Gasteiger partial charge in [-0.15, -0.1) is 0 Å². The third-order valence-corrected chi connectivity index (χ3v) is 2.29. The number of phenolic OH excluding ortho intramolecular Hbond substituents is 1. The molecule has 0 aromatic heterocycles. The fourth-order valence-corrected chi connectivity index (χ4v) is 1.53. The maximum atomic E-state index is 11.9. The molecule has 0 amide bonds. The molecule has 4 heteroatoms. The van der Waals surface area contributed by atoms with Gasteiger partial charge in [-0.2, -0.15) is 8.78 Å². The van der Waals surface area contributed by atoms with E-state index in [4.69, 9.17) is 0 Å². The van der Waals surface area contributed by atoms with Crippen molar-refractivity contribution in [2.24, 2.45) is 0 Å². The number of aromatic hydroxyl groups is 1. The molecule has 0 aliphatic carbocycles. The van der Waals surface area contributed by atoms with Gasteiger partial charge in [0, 0.05) is 5.56 Å². The second kappa shape index (κ2) is 4.82. The average Bonchev–Trinajstić information content (AvgIpc) is 2.30. The van der Waals surface area contributed by atoms with Gasteiger partial charge in [0.1, 0.15) is 11.5 Å². The van der Waals surface area contributed by atoms with Crippen molar-refractivity contribution >= 4 is 0 Å². The predicted molar refractivity (Wildman–Crippen MR) is 60.2 cm³/mol. The van der Waals surface area contributed by atoms with Gasteiger partial charge in [0.15, 0.2) is 0 Å². The number of halogens is 2. The Hall–Kier alpha value is -2.10. The van der Waals surface area contributed by atoms with Gasteiger partial charge < -0.3 is 9.84 Å². The maximum absolute atomic E-state index is 11.9. The molecule has 0 spiro atoms. The molecular weight excluding hydrogens is 226 g/mol. The minimum atomic E-state index is -2.83. The molecule has 2 aromatic rings. The van der Waals surface area contributed by atoms with E-state index in [0.717, 1.165) is 5.56 Å². The zero-order valence-electron chi connectivity index (χ0n) is 8.81. The lowest BCUT2D eigenvalue weighted by Crippen LogP contribution is -2.01. The number of hydrogen-bond acceptors (Lipinski definition) is 2. The smallest absolute Gasteiger partial charge is 0.387 e. The zero-order chi connectivity index (χ0) is 12.3. The van der Waals surface area contributed by atoms with Crippen molar-refractivity contribution in [3.05, 3.63) is 48.5 Å². The van der Waals surface area contributed by atoms with Crippen LogP contribution < -0.4 is 4.74 Å². The Morgan fingerprint density at radius 3 is 2.18 bits per heavy atom. The van der Waals surface area contributed by atoms with Crippen LogP contribution in [-0.4, -0.2) is 11.7 Å². The minimum absolute atomic E-state index is 0.0965. The molecular formula is C13H10F2O2. The number of ether oxygens (including phenoxy) is 1. The first-order valence-corrected chi connectivity index (χ1v) is 5.00. The van der Waals surface area contributed by atoms with Crippen molar-refractivity contribution in [1.82, 2.24) is 0 Å². The Morgan fingerprint density at radius 1 is 0.941 bits per heavy atom. The van der Waals surface area contributed by atoms with E-state index in [2.05, 4.69) is 4.74 Å². The summed E-state index contributed by atoms with van der Waals surface area (Å²) in [6.07, 6.45) is 0. The fourth-order valence-electron chi connectivity index (χ4n) is 1.53. The van der Waals surface area contributed by atoms with Crippen LogP contribution in [0.15, 0.2) is 48.5 Å². The van der Waals surface area contributed by atoms with Crippen LogP contribution in [0.5, 0.6) is 11.5 Å². The number of phenols is 1. The first-order valence-electron chi connectivity index (χ1n) is 5.00. The molecule has 0 aliphatic heterocycles. The second-order valence-electron chi connectivity index (χ2n) is 3.42. The van der Waals surface area contributed by atoms with Crippen molar-refractivity contribution in [3.8, 4) is 22.6 Å². The Bertz CT molecular complexity index is 495. The molecule has 0 aliphatic rings. The van der Waals surface area contributed by atoms with Crippen LogP contribution in [-0.2, 0) is 0 Å². The van der Waals surface area contributed by atoms with Gasteiger partial charge >= 0.3 is 6.61 Å². The van der Waals surface area contributed by atoms with Crippen molar-refractivity contribution in [3.63, 3.8) is 0 Å². The van der Waals surface area contributed by atoms with Crippen LogP contribution in [0.4, 0.5) is 8.78 Å². The summed E-state index contributed by atoms with van der Waals surface area (Å²) in [6.45, 7) is -2.83. The standard InChI is InChI=1S/C13H10F2O2/c14-13(15)17-10-7-5-9(6-8-10)11-3-1-2-4-12(11)16/h1-8,13,16H. The second-order valence-corrected chi connectivity index (χ2v) is 3.42. The summed E-state index contributed by atoms with van der Waals surface area (Å²) in [5.74, 6) is 0.245. The Morgan fingerprint density at radius 2 is 1.59 bits per heavy atom. The number of alkyl halides is 2.